The molecule has 1 atom stereocenters. The maximum absolute atomic E-state index is 13.0. The van der Waals surface area contributed by atoms with Crippen molar-refractivity contribution in [2.45, 2.75) is 42.8 Å². The smallest absolute Gasteiger partial charge is 0.322 e. The molecule has 0 spiro atoms. The van der Waals surface area contributed by atoms with Gasteiger partial charge in [0.25, 0.3) is 11.8 Å². The monoisotopic (exact) mass is 486 g/mol. The van der Waals surface area contributed by atoms with Crippen molar-refractivity contribution in [1.29, 1.82) is 0 Å². The van der Waals surface area contributed by atoms with Gasteiger partial charge in [0, 0.05) is 41.3 Å². The first-order chi connectivity index (χ1) is 15.8. The van der Waals surface area contributed by atoms with Crippen LogP contribution in [0.1, 0.15) is 35.7 Å². The fourth-order valence-corrected chi connectivity index (χ4v) is 5.29. The maximum Gasteiger partial charge on any atom is 0.322 e. The average Bonchev–Trinajstić information content (AvgIpc) is 3.06. The Bertz CT molecular complexity index is 1040. The molecule has 0 bridgehead atoms. The summed E-state index contributed by atoms with van der Waals surface area (Å²) in [6.45, 7) is 4.38. The number of urea groups is 1. The highest BCUT2D eigenvalue weighted by Crippen LogP contribution is 2.28. The molecule has 9 heteroatoms. The molecule has 0 unspecified atom stereocenters. The van der Waals surface area contributed by atoms with Crippen LogP contribution in [0.15, 0.2) is 53.4 Å². The Hall–Kier alpha value is -2.55. The molecule has 33 heavy (non-hydrogen) atoms. The number of nitrogens with zero attached hydrogens (tertiary/aromatic N) is 1. The second-order valence-electron chi connectivity index (χ2n) is 8.68. The van der Waals surface area contributed by atoms with E-state index in [0.717, 1.165) is 42.4 Å². The molecule has 4 amide bonds. The molecule has 2 saturated heterocycles. The summed E-state index contributed by atoms with van der Waals surface area (Å²) in [7, 11) is 0. The summed E-state index contributed by atoms with van der Waals surface area (Å²) >= 11 is 7.35. The van der Waals surface area contributed by atoms with Crippen LogP contribution in [0.25, 0.3) is 0 Å². The van der Waals surface area contributed by atoms with Crippen molar-refractivity contribution in [3.05, 3.63) is 64.7 Å². The maximum atomic E-state index is 13.0. The largest absolute Gasteiger partial charge is 0.349 e. The van der Waals surface area contributed by atoms with Crippen molar-refractivity contribution in [3.63, 3.8) is 0 Å². The van der Waals surface area contributed by atoms with E-state index in [2.05, 4.69) is 20.9 Å². The van der Waals surface area contributed by atoms with Crippen LogP contribution >= 0.6 is 23.4 Å². The topological polar surface area (TPSA) is 90.5 Å². The number of likely N-dealkylation sites (tertiary alicyclic amines) is 1. The Morgan fingerprint density at radius 3 is 2.52 bits per heavy atom. The molecule has 2 aromatic rings. The second kappa shape index (κ2) is 10.2. The third kappa shape index (κ3) is 5.88. The molecule has 2 aromatic carbocycles. The van der Waals surface area contributed by atoms with Gasteiger partial charge in [-0.2, -0.15) is 0 Å². The minimum absolute atomic E-state index is 0.112. The van der Waals surface area contributed by atoms with Gasteiger partial charge in [0.05, 0.1) is 5.56 Å². The third-order valence-corrected chi connectivity index (χ3v) is 7.65. The Kier molecular flexibility index (Phi) is 7.26. The van der Waals surface area contributed by atoms with Crippen molar-refractivity contribution in [2.75, 3.05) is 18.8 Å². The van der Waals surface area contributed by atoms with Crippen LogP contribution in [0.4, 0.5) is 4.79 Å². The van der Waals surface area contributed by atoms with Gasteiger partial charge in [0.1, 0.15) is 5.54 Å². The molecule has 174 valence electrons. The van der Waals surface area contributed by atoms with Gasteiger partial charge in [-0.15, -0.1) is 11.8 Å². The van der Waals surface area contributed by atoms with Crippen molar-refractivity contribution >= 4 is 41.2 Å². The number of piperidine rings is 1. The van der Waals surface area contributed by atoms with Crippen LogP contribution in [0.5, 0.6) is 0 Å². The summed E-state index contributed by atoms with van der Waals surface area (Å²) in [5.41, 5.74) is 0.815. The highest BCUT2D eigenvalue weighted by Gasteiger charge is 2.42. The lowest BCUT2D eigenvalue weighted by atomic mass is 10.0. The van der Waals surface area contributed by atoms with Gasteiger partial charge in [0.15, 0.2) is 0 Å². The van der Waals surface area contributed by atoms with Gasteiger partial charge in [0.2, 0.25) is 0 Å². The fourth-order valence-electron chi connectivity index (χ4n) is 4.03. The second-order valence-corrected chi connectivity index (χ2v) is 10.1. The third-order valence-electron chi connectivity index (χ3n) is 6.01. The molecule has 7 nitrogen and oxygen atoms in total. The fraction of sp³-hybridized carbons (Fsp3) is 0.375. The number of rotatable bonds is 7. The van der Waals surface area contributed by atoms with Gasteiger partial charge < -0.3 is 10.6 Å². The van der Waals surface area contributed by atoms with E-state index >= 15 is 0 Å². The molecule has 2 fully saturated rings. The summed E-state index contributed by atoms with van der Waals surface area (Å²) in [5.74, 6) is -0.135. The van der Waals surface area contributed by atoms with Crippen LogP contribution in [-0.4, -0.2) is 53.2 Å². The highest BCUT2D eigenvalue weighted by molar-refractivity contribution is 7.99. The standard InChI is InChI=1S/C24H27ClN4O3S/c1-24(22(31)27-23(32)28-24)15-33-20-5-3-2-4-19(20)21(30)26-18-10-12-29(13-11-18)14-16-6-8-17(25)9-7-16/h2-9,18H,10-15H2,1H3,(H,26,30)(H2,27,28,31,32)/t24-/m0/s1. The number of thioether (sulfide) groups is 1. The molecule has 3 N–H and O–H groups in total. The number of nitrogens with one attached hydrogen (secondary N) is 3. The summed E-state index contributed by atoms with van der Waals surface area (Å²) in [6, 6.07) is 14.9. The molecule has 4 rings (SSSR count). The van der Waals surface area contributed by atoms with Crippen molar-refractivity contribution in [2.24, 2.45) is 0 Å². The van der Waals surface area contributed by atoms with E-state index in [1.807, 2.05) is 42.5 Å². The number of imide groups is 1. The van der Waals surface area contributed by atoms with E-state index in [-0.39, 0.29) is 17.9 Å². The predicted molar refractivity (Wildman–Crippen MR) is 129 cm³/mol. The number of hydrogen-bond acceptors (Lipinski definition) is 5. The van der Waals surface area contributed by atoms with Gasteiger partial charge >= 0.3 is 6.03 Å². The molecular formula is C24H27ClN4O3S. The minimum Gasteiger partial charge on any atom is -0.349 e. The van der Waals surface area contributed by atoms with Crippen molar-refractivity contribution in [3.8, 4) is 0 Å². The lowest BCUT2D eigenvalue weighted by Gasteiger charge is -2.32. The van der Waals surface area contributed by atoms with Crippen molar-refractivity contribution < 1.29 is 14.4 Å². The summed E-state index contributed by atoms with van der Waals surface area (Å²) in [6.07, 6.45) is 1.78. The zero-order valence-corrected chi connectivity index (χ0v) is 20.0. The first kappa shape index (κ1) is 23.6. The van der Waals surface area contributed by atoms with Crippen molar-refractivity contribution in [1.82, 2.24) is 20.9 Å². The molecule has 0 radical (unpaired) electrons. The quantitative estimate of drug-likeness (QED) is 0.412. The Labute approximate surface area is 202 Å². The van der Waals surface area contributed by atoms with Crippen LogP contribution in [0.3, 0.4) is 0 Å². The predicted octanol–water partition coefficient (Wildman–Crippen LogP) is 3.42. The van der Waals surface area contributed by atoms with E-state index in [0.29, 0.717) is 11.3 Å². The van der Waals surface area contributed by atoms with Crippen LogP contribution in [0, 0.1) is 0 Å². The number of amides is 4. The number of hydrogen-bond donors (Lipinski definition) is 3. The SMILES string of the molecule is C[C@@]1(CSc2ccccc2C(=O)NC2CCN(Cc3ccc(Cl)cc3)CC2)NC(=O)NC1=O. The first-order valence-corrected chi connectivity index (χ1v) is 12.3. The first-order valence-electron chi connectivity index (χ1n) is 11.0. The number of halogens is 1. The molecule has 0 aromatic heterocycles. The Morgan fingerprint density at radius 2 is 1.85 bits per heavy atom. The molecule has 2 heterocycles. The van der Waals surface area contributed by atoms with Gasteiger partial charge in [-0.05, 0) is 49.6 Å². The average molecular weight is 487 g/mol. The van der Waals surface area contributed by atoms with Crippen LogP contribution in [-0.2, 0) is 11.3 Å². The van der Waals surface area contributed by atoms with Crippen LogP contribution < -0.4 is 16.0 Å². The lowest BCUT2D eigenvalue weighted by Crippen LogP contribution is -2.46. The highest BCUT2D eigenvalue weighted by atomic mass is 35.5. The minimum atomic E-state index is -0.998. The molecule has 2 aliphatic rings. The summed E-state index contributed by atoms with van der Waals surface area (Å²) < 4.78 is 0. The van der Waals surface area contributed by atoms with E-state index < -0.39 is 11.6 Å². The summed E-state index contributed by atoms with van der Waals surface area (Å²) in [4.78, 5) is 39.8. The van der Waals surface area contributed by atoms with Crippen LogP contribution in [0.2, 0.25) is 5.02 Å². The Balaban J connectivity index is 1.30. The molecular weight excluding hydrogens is 460 g/mol. The van der Waals surface area contributed by atoms with E-state index in [9.17, 15) is 14.4 Å². The Morgan fingerprint density at radius 1 is 1.15 bits per heavy atom. The number of carbonyl (C=O) groups excluding carboxylic acids is 3. The van der Waals surface area contributed by atoms with Gasteiger partial charge in [-0.1, -0.05) is 35.9 Å². The molecule has 2 aliphatic heterocycles. The molecule has 0 saturated carbocycles. The van der Waals surface area contributed by atoms with E-state index in [4.69, 9.17) is 11.6 Å². The lowest BCUT2D eigenvalue weighted by molar-refractivity contribution is -0.122. The molecule has 0 aliphatic carbocycles. The number of benzene rings is 2. The van der Waals surface area contributed by atoms with Gasteiger partial charge in [-0.3, -0.25) is 19.8 Å². The van der Waals surface area contributed by atoms with E-state index in [1.165, 1.54) is 17.3 Å². The van der Waals surface area contributed by atoms with E-state index in [1.54, 1.807) is 13.0 Å². The zero-order valence-electron chi connectivity index (χ0n) is 18.4. The summed E-state index contributed by atoms with van der Waals surface area (Å²) in [5, 5.41) is 8.84. The van der Waals surface area contributed by atoms with Gasteiger partial charge in [-0.25, -0.2) is 4.79 Å². The normalized spacial score (nSPS) is 21.5. The zero-order chi connectivity index (χ0) is 23.4. The number of carbonyl (C=O) groups is 3.